The van der Waals surface area contributed by atoms with E-state index in [1.807, 2.05) is 36.6 Å². The second kappa shape index (κ2) is 6.68. The molecule has 0 spiro atoms. The van der Waals surface area contributed by atoms with E-state index in [4.69, 9.17) is 0 Å². The van der Waals surface area contributed by atoms with E-state index in [1.54, 1.807) is 24.4 Å². The van der Waals surface area contributed by atoms with Crippen molar-refractivity contribution in [1.29, 1.82) is 0 Å². The van der Waals surface area contributed by atoms with Gasteiger partial charge in [-0.15, -0.1) is 11.3 Å². The highest BCUT2D eigenvalue weighted by Gasteiger charge is 2.17. The predicted octanol–water partition coefficient (Wildman–Crippen LogP) is 3.86. The first-order valence-electron chi connectivity index (χ1n) is 8.93. The molecule has 0 saturated heterocycles. The van der Waals surface area contributed by atoms with Crippen molar-refractivity contribution < 1.29 is 4.79 Å². The number of aromatic nitrogens is 4. The van der Waals surface area contributed by atoms with Gasteiger partial charge in [0.25, 0.3) is 11.5 Å². The normalized spacial score (nSPS) is 11.2. The molecule has 0 radical (unpaired) electrons. The van der Waals surface area contributed by atoms with Crippen LogP contribution in [0.2, 0.25) is 0 Å². The summed E-state index contributed by atoms with van der Waals surface area (Å²) in [4.78, 5) is 37.3. The minimum absolute atomic E-state index is 0.0336. The lowest BCUT2D eigenvalue weighted by Crippen LogP contribution is -2.26. The Morgan fingerprint density at radius 3 is 2.90 bits per heavy atom. The Hall–Kier alpha value is -3.78. The zero-order valence-corrected chi connectivity index (χ0v) is 16.2. The standard InChI is InChI=1S/C21H15N5O2S/c1-12-18(13-6-2-3-7-15(13)23-12)16-11-29-21(24-16)25-19(27)14-10-22-17-8-4-5-9-26(17)20(14)28/h2-11,23H,1H3,(H,24,25,27). The molecule has 0 unspecified atom stereocenters. The van der Waals surface area contributed by atoms with Crippen LogP contribution in [-0.2, 0) is 0 Å². The summed E-state index contributed by atoms with van der Waals surface area (Å²) < 4.78 is 1.34. The Bertz CT molecular complexity index is 1450. The molecule has 4 heterocycles. The molecular formula is C21H15N5O2S. The Balaban J connectivity index is 1.47. The van der Waals surface area contributed by atoms with Crippen LogP contribution < -0.4 is 10.9 Å². The topological polar surface area (TPSA) is 92.1 Å². The summed E-state index contributed by atoms with van der Waals surface area (Å²) in [5.74, 6) is -0.530. The number of benzene rings is 1. The maximum absolute atomic E-state index is 12.6. The van der Waals surface area contributed by atoms with Crippen LogP contribution in [0.1, 0.15) is 16.1 Å². The second-order valence-corrected chi connectivity index (χ2v) is 7.43. The fraction of sp³-hybridized carbons (Fsp3) is 0.0476. The van der Waals surface area contributed by atoms with E-state index in [2.05, 4.69) is 20.3 Å². The quantitative estimate of drug-likeness (QED) is 0.480. The first kappa shape index (κ1) is 17.3. The largest absolute Gasteiger partial charge is 0.358 e. The molecule has 5 rings (SSSR count). The van der Waals surface area contributed by atoms with Crippen molar-refractivity contribution in [2.75, 3.05) is 5.32 Å². The van der Waals surface area contributed by atoms with Crippen LogP contribution in [0.15, 0.2) is 65.0 Å². The number of pyridine rings is 1. The third-order valence-corrected chi connectivity index (χ3v) is 5.49. The lowest BCUT2D eigenvalue weighted by atomic mass is 10.1. The van der Waals surface area contributed by atoms with E-state index >= 15 is 0 Å². The van der Waals surface area contributed by atoms with Crippen molar-refractivity contribution in [3.8, 4) is 11.3 Å². The van der Waals surface area contributed by atoms with Gasteiger partial charge in [-0.05, 0) is 25.1 Å². The molecule has 1 aromatic carbocycles. The van der Waals surface area contributed by atoms with Crippen molar-refractivity contribution >= 4 is 38.9 Å². The number of aromatic amines is 1. The van der Waals surface area contributed by atoms with Crippen LogP contribution >= 0.6 is 11.3 Å². The van der Waals surface area contributed by atoms with Gasteiger partial charge in [-0.2, -0.15) is 0 Å². The number of H-pyrrole nitrogens is 1. The van der Waals surface area contributed by atoms with Crippen molar-refractivity contribution in [3.63, 3.8) is 0 Å². The average molecular weight is 401 g/mol. The Morgan fingerprint density at radius 2 is 2.00 bits per heavy atom. The number of nitrogens with zero attached hydrogens (tertiary/aromatic N) is 3. The molecule has 0 fully saturated rings. The fourth-order valence-corrected chi connectivity index (χ4v) is 4.10. The fourth-order valence-electron chi connectivity index (χ4n) is 3.40. The molecule has 0 aliphatic rings. The molecule has 29 heavy (non-hydrogen) atoms. The van der Waals surface area contributed by atoms with Crippen molar-refractivity contribution in [3.05, 3.63) is 81.8 Å². The van der Waals surface area contributed by atoms with Crippen LogP contribution in [0.5, 0.6) is 0 Å². The number of rotatable bonds is 3. The lowest BCUT2D eigenvalue weighted by Gasteiger charge is -2.03. The number of aryl methyl sites for hydroxylation is 1. The number of para-hydroxylation sites is 1. The van der Waals surface area contributed by atoms with Gasteiger partial charge in [0.15, 0.2) is 5.13 Å². The third-order valence-electron chi connectivity index (χ3n) is 4.73. The summed E-state index contributed by atoms with van der Waals surface area (Å²) in [5, 5.41) is 6.11. The van der Waals surface area contributed by atoms with Gasteiger partial charge in [-0.25, -0.2) is 9.97 Å². The van der Waals surface area contributed by atoms with Gasteiger partial charge in [0.1, 0.15) is 11.2 Å². The number of anilines is 1. The maximum atomic E-state index is 12.6. The highest BCUT2D eigenvalue weighted by atomic mass is 32.1. The Kier molecular flexibility index (Phi) is 3.99. The van der Waals surface area contributed by atoms with Gasteiger partial charge in [0.05, 0.1) is 5.69 Å². The van der Waals surface area contributed by atoms with Gasteiger partial charge in [-0.3, -0.25) is 19.3 Å². The molecule has 0 bridgehead atoms. The Morgan fingerprint density at radius 1 is 1.17 bits per heavy atom. The highest BCUT2D eigenvalue weighted by molar-refractivity contribution is 7.14. The van der Waals surface area contributed by atoms with E-state index in [0.717, 1.165) is 27.9 Å². The molecule has 0 aliphatic carbocycles. The number of hydrogen-bond acceptors (Lipinski definition) is 5. The number of thiazole rings is 1. The predicted molar refractivity (Wildman–Crippen MR) is 114 cm³/mol. The smallest absolute Gasteiger partial charge is 0.270 e. The van der Waals surface area contributed by atoms with E-state index in [1.165, 1.54) is 21.9 Å². The van der Waals surface area contributed by atoms with Crippen molar-refractivity contribution in [1.82, 2.24) is 19.4 Å². The van der Waals surface area contributed by atoms with Gasteiger partial charge in [0.2, 0.25) is 0 Å². The molecule has 0 saturated carbocycles. The number of hydrogen-bond donors (Lipinski definition) is 2. The monoisotopic (exact) mass is 401 g/mol. The van der Waals surface area contributed by atoms with Crippen LogP contribution in [0.3, 0.4) is 0 Å². The van der Waals surface area contributed by atoms with Crippen LogP contribution in [0.25, 0.3) is 27.8 Å². The van der Waals surface area contributed by atoms with Crippen LogP contribution in [0.4, 0.5) is 5.13 Å². The van der Waals surface area contributed by atoms with E-state index < -0.39 is 11.5 Å². The van der Waals surface area contributed by atoms with Gasteiger partial charge < -0.3 is 4.98 Å². The minimum atomic E-state index is -0.530. The zero-order valence-electron chi connectivity index (χ0n) is 15.3. The number of carbonyl (C=O) groups excluding carboxylic acids is 1. The third kappa shape index (κ3) is 2.90. The summed E-state index contributed by atoms with van der Waals surface area (Å²) in [7, 11) is 0. The van der Waals surface area contributed by atoms with Gasteiger partial charge >= 0.3 is 0 Å². The zero-order chi connectivity index (χ0) is 20.0. The van der Waals surface area contributed by atoms with E-state index in [9.17, 15) is 9.59 Å². The number of fused-ring (bicyclic) bond motifs is 2. The van der Waals surface area contributed by atoms with Crippen molar-refractivity contribution in [2.45, 2.75) is 6.92 Å². The lowest BCUT2D eigenvalue weighted by molar-refractivity contribution is 0.102. The first-order chi connectivity index (χ1) is 14.1. The molecule has 142 valence electrons. The first-order valence-corrected chi connectivity index (χ1v) is 9.81. The average Bonchev–Trinajstić information content (AvgIpc) is 3.31. The van der Waals surface area contributed by atoms with Crippen molar-refractivity contribution in [2.24, 2.45) is 0 Å². The van der Waals surface area contributed by atoms with Gasteiger partial charge in [-0.1, -0.05) is 24.3 Å². The Labute approximate surface area is 168 Å². The summed E-state index contributed by atoms with van der Waals surface area (Å²) in [6.07, 6.45) is 2.88. The van der Waals surface area contributed by atoms with E-state index in [0.29, 0.717) is 10.8 Å². The minimum Gasteiger partial charge on any atom is -0.358 e. The molecule has 4 aromatic heterocycles. The van der Waals surface area contributed by atoms with Crippen LogP contribution in [-0.4, -0.2) is 25.3 Å². The summed E-state index contributed by atoms with van der Waals surface area (Å²) in [6.45, 7) is 1.99. The number of carbonyl (C=O) groups is 1. The summed E-state index contributed by atoms with van der Waals surface area (Å²) in [5.41, 5.74) is 3.85. The number of nitrogens with one attached hydrogen (secondary N) is 2. The van der Waals surface area contributed by atoms with Crippen LogP contribution in [0, 0.1) is 6.92 Å². The molecular weight excluding hydrogens is 386 g/mol. The summed E-state index contributed by atoms with van der Waals surface area (Å²) >= 11 is 1.31. The SMILES string of the molecule is Cc1[nH]c2ccccc2c1-c1csc(NC(=O)c2cnc3ccccn3c2=O)n1. The highest BCUT2D eigenvalue weighted by Crippen LogP contribution is 2.33. The van der Waals surface area contributed by atoms with Gasteiger partial charge in [0, 0.05) is 39.9 Å². The summed E-state index contributed by atoms with van der Waals surface area (Å²) in [6, 6.07) is 13.2. The molecule has 5 aromatic rings. The molecule has 0 aliphatic heterocycles. The molecule has 8 heteroatoms. The maximum Gasteiger partial charge on any atom is 0.270 e. The molecule has 2 N–H and O–H groups in total. The molecule has 7 nitrogen and oxygen atoms in total. The molecule has 1 amide bonds. The number of amides is 1. The molecule has 0 atom stereocenters. The van der Waals surface area contributed by atoms with E-state index in [-0.39, 0.29) is 5.56 Å². The second-order valence-electron chi connectivity index (χ2n) is 6.57.